The first-order chi connectivity index (χ1) is 10.1. The number of fused-ring (bicyclic) bond motifs is 1. The highest BCUT2D eigenvalue weighted by Crippen LogP contribution is 2.26. The van der Waals surface area contributed by atoms with Crippen LogP contribution in [0.25, 0.3) is 16.9 Å². The van der Waals surface area contributed by atoms with Crippen LogP contribution in [0.5, 0.6) is 5.88 Å². The highest BCUT2D eigenvalue weighted by molar-refractivity contribution is 6.30. The second-order valence-electron chi connectivity index (χ2n) is 4.29. The van der Waals surface area contributed by atoms with Crippen LogP contribution in [0.2, 0.25) is 5.02 Å². The predicted octanol–water partition coefficient (Wildman–Crippen LogP) is 3.96. The smallest absolute Gasteiger partial charge is 0.215 e. The largest absolute Gasteiger partial charge is 0.481 e. The number of hydrogen-bond donors (Lipinski definition) is 0. The summed E-state index contributed by atoms with van der Waals surface area (Å²) in [4.78, 5) is 8.78. The van der Waals surface area contributed by atoms with Gasteiger partial charge in [-0.3, -0.25) is 4.57 Å². The molecule has 0 aliphatic rings. The maximum Gasteiger partial charge on any atom is 0.215 e. The molecule has 7 heteroatoms. The summed E-state index contributed by atoms with van der Waals surface area (Å²) in [7, 11) is 1.53. The summed E-state index contributed by atoms with van der Waals surface area (Å²) in [5, 5.41) is 0.0257. The molecule has 0 saturated heterocycles. The predicted molar refractivity (Wildman–Crippen MR) is 79.9 cm³/mol. The number of rotatable bonds is 3. The Morgan fingerprint density at radius 2 is 2.05 bits per heavy atom. The van der Waals surface area contributed by atoms with E-state index in [0.717, 1.165) is 0 Å². The van der Waals surface area contributed by atoms with Crippen molar-refractivity contribution < 1.29 is 9.13 Å². The molecule has 0 fully saturated rings. The fourth-order valence-electron chi connectivity index (χ4n) is 2.09. The van der Waals surface area contributed by atoms with E-state index in [2.05, 4.69) is 9.97 Å². The molecular formula is C14H10Cl2FN3O. The van der Waals surface area contributed by atoms with E-state index in [9.17, 15) is 4.39 Å². The molecule has 0 aliphatic heterocycles. The molecule has 0 atom stereocenters. The van der Waals surface area contributed by atoms with Crippen LogP contribution >= 0.6 is 23.2 Å². The Labute approximate surface area is 130 Å². The second-order valence-corrected chi connectivity index (χ2v) is 4.97. The monoisotopic (exact) mass is 325 g/mol. The Kier molecular flexibility index (Phi) is 3.69. The first-order valence-electron chi connectivity index (χ1n) is 6.08. The van der Waals surface area contributed by atoms with Crippen molar-refractivity contribution in [1.29, 1.82) is 0 Å². The lowest BCUT2D eigenvalue weighted by atomic mass is 10.3. The number of ether oxygens (including phenoxy) is 1. The van der Waals surface area contributed by atoms with Crippen molar-refractivity contribution >= 4 is 34.4 Å². The van der Waals surface area contributed by atoms with Crippen LogP contribution in [0.3, 0.4) is 0 Å². The minimum atomic E-state index is -0.484. The van der Waals surface area contributed by atoms with Gasteiger partial charge in [0.15, 0.2) is 5.65 Å². The van der Waals surface area contributed by atoms with Crippen LogP contribution in [0.15, 0.2) is 30.3 Å². The summed E-state index contributed by atoms with van der Waals surface area (Å²) in [6, 6.07) is 7.91. The molecule has 2 heterocycles. The van der Waals surface area contributed by atoms with E-state index >= 15 is 0 Å². The molecule has 21 heavy (non-hydrogen) atoms. The summed E-state index contributed by atoms with van der Waals surface area (Å²) >= 11 is 11.8. The minimum absolute atomic E-state index is 0.0257. The highest BCUT2D eigenvalue weighted by atomic mass is 35.5. The van der Waals surface area contributed by atoms with Gasteiger partial charge >= 0.3 is 0 Å². The Balaban J connectivity index is 2.30. The molecule has 1 aromatic carbocycles. The van der Waals surface area contributed by atoms with Crippen molar-refractivity contribution in [2.24, 2.45) is 0 Å². The number of halogens is 3. The van der Waals surface area contributed by atoms with Crippen LogP contribution in [0, 0.1) is 5.82 Å². The number of alkyl halides is 1. The number of nitrogens with zero attached hydrogens (tertiary/aromatic N) is 3. The van der Waals surface area contributed by atoms with Gasteiger partial charge in [0.2, 0.25) is 5.88 Å². The first-order valence-corrected chi connectivity index (χ1v) is 6.99. The number of pyridine rings is 1. The molecular weight excluding hydrogens is 316 g/mol. The Hall–Kier alpha value is -1.85. The molecule has 0 aliphatic carbocycles. The Morgan fingerprint density at radius 3 is 2.71 bits per heavy atom. The zero-order chi connectivity index (χ0) is 15.0. The summed E-state index contributed by atoms with van der Waals surface area (Å²) in [5.74, 6) is 0.754. The van der Waals surface area contributed by atoms with Crippen molar-refractivity contribution in [3.05, 3.63) is 47.0 Å². The molecule has 0 spiro atoms. The van der Waals surface area contributed by atoms with Crippen LogP contribution in [-0.2, 0) is 5.88 Å². The molecule has 2 aromatic heterocycles. The van der Waals surface area contributed by atoms with Gasteiger partial charge in [0.05, 0.1) is 23.7 Å². The molecule has 3 rings (SSSR count). The summed E-state index contributed by atoms with van der Waals surface area (Å²) in [5.41, 5.74) is 1.89. The summed E-state index contributed by atoms with van der Waals surface area (Å²) in [6.07, 6.45) is 0. The van der Waals surface area contributed by atoms with Gasteiger partial charge in [0.1, 0.15) is 17.2 Å². The Bertz CT molecular complexity index is 819. The van der Waals surface area contributed by atoms with E-state index in [4.69, 9.17) is 27.9 Å². The first kappa shape index (κ1) is 14.1. The topological polar surface area (TPSA) is 39.9 Å². The molecule has 0 N–H and O–H groups in total. The van der Waals surface area contributed by atoms with Crippen LogP contribution < -0.4 is 4.74 Å². The van der Waals surface area contributed by atoms with Crippen LogP contribution in [0.4, 0.5) is 4.39 Å². The molecule has 0 radical (unpaired) electrons. The van der Waals surface area contributed by atoms with Gasteiger partial charge in [0.25, 0.3) is 0 Å². The van der Waals surface area contributed by atoms with Crippen molar-refractivity contribution in [3.63, 3.8) is 0 Å². The average Bonchev–Trinajstić information content (AvgIpc) is 2.87. The van der Waals surface area contributed by atoms with Crippen molar-refractivity contribution in [2.45, 2.75) is 5.88 Å². The lowest BCUT2D eigenvalue weighted by Gasteiger charge is -2.08. The number of imidazole rings is 1. The van der Waals surface area contributed by atoms with Crippen LogP contribution in [0.1, 0.15) is 5.82 Å². The lowest BCUT2D eigenvalue weighted by Crippen LogP contribution is -2.01. The van der Waals surface area contributed by atoms with Crippen LogP contribution in [-0.4, -0.2) is 21.6 Å². The van der Waals surface area contributed by atoms with Crippen molar-refractivity contribution in [1.82, 2.24) is 14.5 Å². The summed E-state index contributed by atoms with van der Waals surface area (Å²) in [6.45, 7) is 0. The highest BCUT2D eigenvalue weighted by Gasteiger charge is 2.15. The number of hydrogen-bond acceptors (Lipinski definition) is 3. The Morgan fingerprint density at radius 1 is 1.24 bits per heavy atom. The van der Waals surface area contributed by atoms with Gasteiger partial charge < -0.3 is 4.74 Å². The fourth-order valence-corrected chi connectivity index (χ4v) is 2.44. The second kappa shape index (κ2) is 5.50. The van der Waals surface area contributed by atoms with Gasteiger partial charge in [-0.05, 0) is 24.3 Å². The van der Waals surface area contributed by atoms with E-state index in [1.807, 2.05) is 0 Å². The van der Waals surface area contributed by atoms with Crippen molar-refractivity contribution in [2.75, 3.05) is 7.11 Å². The molecule has 0 unspecified atom stereocenters. The van der Waals surface area contributed by atoms with Gasteiger partial charge in [0, 0.05) is 6.07 Å². The van der Waals surface area contributed by atoms with E-state index in [1.165, 1.54) is 19.2 Å². The van der Waals surface area contributed by atoms with Gasteiger partial charge in [-0.2, -0.15) is 4.98 Å². The third kappa shape index (κ3) is 2.43. The van der Waals surface area contributed by atoms with E-state index < -0.39 is 5.82 Å². The molecule has 0 saturated carbocycles. The SMILES string of the molecule is COc1ccc2nc(CCl)n(-c3ccc(F)c(Cl)c3)c2n1. The van der Waals surface area contributed by atoms with Gasteiger partial charge in [-0.25, -0.2) is 9.37 Å². The zero-order valence-corrected chi connectivity index (χ0v) is 12.5. The van der Waals surface area contributed by atoms with Gasteiger partial charge in [-0.15, -0.1) is 11.6 Å². The van der Waals surface area contributed by atoms with E-state index in [0.29, 0.717) is 28.6 Å². The van der Waals surface area contributed by atoms with Gasteiger partial charge in [-0.1, -0.05) is 11.6 Å². The lowest BCUT2D eigenvalue weighted by molar-refractivity contribution is 0.399. The van der Waals surface area contributed by atoms with Crippen molar-refractivity contribution in [3.8, 4) is 11.6 Å². The fraction of sp³-hybridized carbons (Fsp3) is 0.143. The standard InChI is InChI=1S/C14H10Cl2FN3O/c1-21-13-5-4-11-14(19-13)20(12(7-15)18-11)8-2-3-10(17)9(16)6-8/h2-6H,7H2,1H3. The number of aromatic nitrogens is 3. The molecule has 108 valence electrons. The molecule has 0 amide bonds. The van der Waals surface area contributed by atoms with E-state index in [-0.39, 0.29) is 10.9 Å². The zero-order valence-electron chi connectivity index (χ0n) is 11.0. The molecule has 0 bridgehead atoms. The third-order valence-corrected chi connectivity index (χ3v) is 3.57. The number of benzene rings is 1. The van der Waals surface area contributed by atoms with E-state index in [1.54, 1.807) is 22.8 Å². The summed E-state index contributed by atoms with van der Waals surface area (Å²) < 4.78 is 20.2. The maximum atomic E-state index is 13.3. The normalized spacial score (nSPS) is 11.0. The molecule has 3 aromatic rings. The minimum Gasteiger partial charge on any atom is -0.481 e. The number of methoxy groups -OCH3 is 1. The quantitative estimate of drug-likeness (QED) is 0.684. The maximum absolute atomic E-state index is 13.3. The average molecular weight is 326 g/mol. The molecule has 4 nitrogen and oxygen atoms in total. The third-order valence-electron chi connectivity index (χ3n) is 3.04.